The number of hydrogen-bond donors (Lipinski definition) is 5. The van der Waals surface area contributed by atoms with Gasteiger partial charge in [-0.15, -0.1) is 0 Å². The van der Waals surface area contributed by atoms with Crippen LogP contribution < -0.4 is 21.3 Å². The Kier molecular flexibility index (Phi) is 9.56. The van der Waals surface area contributed by atoms with Crippen molar-refractivity contribution < 1.29 is 28.7 Å². The first-order valence-electron chi connectivity index (χ1n) is 14.2. The molecule has 4 amide bonds. The minimum Gasteiger partial charge on any atom is -0.446 e. The van der Waals surface area contributed by atoms with Crippen LogP contribution in [-0.4, -0.2) is 67.8 Å². The molecule has 0 radical (unpaired) electrons. The Balaban J connectivity index is 1.43. The monoisotopic (exact) mass is 621 g/mol. The number of amides is 4. The van der Waals surface area contributed by atoms with Crippen LogP contribution >= 0.6 is 11.6 Å². The summed E-state index contributed by atoms with van der Waals surface area (Å²) in [5.41, 5.74) is 1.36. The zero-order chi connectivity index (χ0) is 31.2. The second-order valence-corrected chi connectivity index (χ2v) is 11.0. The Hall–Kier alpha value is -4.75. The van der Waals surface area contributed by atoms with Gasteiger partial charge in [0.25, 0.3) is 11.8 Å². The van der Waals surface area contributed by atoms with E-state index in [0.717, 1.165) is 11.8 Å². The highest BCUT2D eigenvalue weighted by Crippen LogP contribution is 2.20. The third-order valence-electron chi connectivity index (χ3n) is 7.19. The summed E-state index contributed by atoms with van der Waals surface area (Å²) in [6, 6.07) is 9.67. The minimum atomic E-state index is -1.22. The van der Waals surface area contributed by atoms with Gasteiger partial charge in [0.05, 0.1) is 11.1 Å². The van der Waals surface area contributed by atoms with E-state index in [-0.39, 0.29) is 36.7 Å². The number of aliphatic hydroxyl groups excluding tert-OH is 1. The molecule has 5 N–H and O–H groups in total. The maximum absolute atomic E-state index is 13.7. The summed E-state index contributed by atoms with van der Waals surface area (Å²) < 4.78 is 7.25. The quantitative estimate of drug-likeness (QED) is 0.224. The van der Waals surface area contributed by atoms with Gasteiger partial charge in [-0.2, -0.15) is 0 Å². The number of fused-ring (bicyclic) bond motifs is 3. The van der Waals surface area contributed by atoms with E-state index in [4.69, 9.17) is 16.0 Å². The molecule has 0 saturated carbocycles. The number of carbonyl (C=O) groups excluding carboxylic acids is 4. The van der Waals surface area contributed by atoms with Crippen LogP contribution in [0.1, 0.15) is 64.7 Å². The Labute approximate surface area is 257 Å². The first kappa shape index (κ1) is 30.7. The predicted molar refractivity (Wildman–Crippen MR) is 159 cm³/mol. The number of rotatable bonds is 5. The van der Waals surface area contributed by atoms with E-state index in [2.05, 4.69) is 31.2 Å². The number of aromatic nitrogens is 3. The summed E-state index contributed by atoms with van der Waals surface area (Å²) in [7, 11) is 0. The van der Waals surface area contributed by atoms with Gasteiger partial charge in [0, 0.05) is 25.4 Å². The van der Waals surface area contributed by atoms with Crippen LogP contribution in [0.4, 0.5) is 0 Å². The van der Waals surface area contributed by atoms with Crippen molar-refractivity contribution in [2.75, 3.05) is 6.54 Å². The van der Waals surface area contributed by atoms with Crippen molar-refractivity contribution in [3.05, 3.63) is 89.0 Å². The van der Waals surface area contributed by atoms with Crippen molar-refractivity contribution in [3.8, 4) is 0 Å². The van der Waals surface area contributed by atoms with Gasteiger partial charge in [-0.05, 0) is 43.9 Å². The van der Waals surface area contributed by atoms with Crippen LogP contribution in [0.15, 0.2) is 65.5 Å². The average Bonchev–Trinajstić information content (AvgIpc) is 3.66. The summed E-state index contributed by atoms with van der Waals surface area (Å²) in [6.07, 6.45) is 4.54. The predicted octanol–water partition coefficient (Wildman–Crippen LogP) is 1.95. The molecule has 4 atom stereocenters. The highest BCUT2D eigenvalue weighted by Gasteiger charge is 2.31. The van der Waals surface area contributed by atoms with Crippen molar-refractivity contribution in [1.82, 2.24) is 35.6 Å². The molecule has 4 aromatic rings. The molecule has 0 fully saturated rings. The molecule has 0 spiro atoms. The van der Waals surface area contributed by atoms with Gasteiger partial charge in [-0.3, -0.25) is 19.2 Å². The van der Waals surface area contributed by atoms with Crippen molar-refractivity contribution in [1.29, 1.82) is 0 Å². The molecule has 0 aliphatic carbocycles. The summed E-state index contributed by atoms with van der Waals surface area (Å²) in [6.45, 7) is 1.62. The molecular weight excluding hydrogens is 590 g/mol. The molecule has 14 heteroatoms. The fourth-order valence-electron chi connectivity index (χ4n) is 4.86. The lowest BCUT2D eigenvalue weighted by atomic mass is 10.0. The SMILES string of the molecule is C[C@@H](O)[C@@H]1NC(=O)c2coc(n2)[C@H](Cc2ccccc2)NC(=O)[C@@H](NC(=O)c2cn3cc(Cl)ccc3n2)CCCCNC1=O. The number of pyridine rings is 1. The maximum atomic E-state index is 13.7. The molecule has 13 nitrogen and oxygen atoms in total. The van der Waals surface area contributed by atoms with Gasteiger partial charge in [-0.1, -0.05) is 41.9 Å². The van der Waals surface area contributed by atoms with Gasteiger partial charge >= 0.3 is 0 Å². The molecule has 1 aromatic carbocycles. The smallest absolute Gasteiger partial charge is 0.273 e. The number of hydrogen-bond acceptors (Lipinski definition) is 8. The normalized spacial score (nSPS) is 20.8. The largest absolute Gasteiger partial charge is 0.446 e. The first-order valence-corrected chi connectivity index (χ1v) is 14.6. The van der Waals surface area contributed by atoms with Gasteiger partial charge < -0.3 is 35.2 Å². The third kappa shape index (κ3) is 7.41. The summed E-state index contributed by atoms with van der Waals surface area (Å²) >= 11 is 6.06. The van der Waals surface area contributed by atoms with Crippen LogP contribution in [0, 0.1) is 0 Å². The lowest BCUT2D eigenvalue weighted by molar-refractivity contribution is -0.125. The summed E-state index contributed by atoms with van der Waals surface area (Å²) in [4.78, 5) is 61.3. The van der Waals surface area contributed by atoms with Crippen LogP contribution in [-0.2, 0) is 16.0 Å². The number of carbonyl (C=O) groups is 4. The summed E-state index contributed by atoms with van der Waals surface area (Å²) in [5.74, 6) is -2.28. The van der Waals surface area contributed by atoms with Crippen LogP contribution in [0.5, 0.6) is 0 Å². The minimum absolute atomic E-state index is 0.0554. The fourth-order valence-corrected chi connectivity index (χ4v) is 5.03. The number of nitrogens with one attached hydrogen (secondary N) is 4. The Morgan fingerprint density at radius 1 is 1.09 bits per heavy atom. The van der Waals surface area contributed by atoms with E-state index in [1.54, 1.807) is 22.7 Å². The molecule has 1 aliphatic rings. The molecule has 5 rings (SSSR count). The Morgan fingerprint density at radius 2 is 1.89 bits per heavy atom. The van der Waals surface area contributed by atoms with Gasteiger partial charge in [0.1, 0.15) is 35.7 Å². The summed E-state index contributed by atoms with van der Waals surface area (Å²) in [5, 5.41) is 21.6. The maximum Gasteiger partial charge on any atom is 0.273 e. The van der Waals surface area contributed by atoms with E-state index in [1.165, 1.54) is 13.1 Å². The number of benzene rings is 1. The zero-order valence-corrected chi connectivity index (χ0v) is 24.6. The average molecular weight is 622 g/mol. The number of halogens is 1. The zero-order valence-electron chi connectivity index (χ0n) is 23.8. The molecule has 44 heavy (non-hydrogen) atoms. The Morgan fingerprint density at radius 3 is 2.66 bits per heavy atom. The number of aliphatic hydroxyl groups is 1. The van der Waals surface area contributed by atoms with E-state index in [1.807, 2.05) is 30.3 Å². The van der Waals surface area contributed by atoms with Crippen molar-refractivity contribution >= 4 is 40.9 Å². The molecule has 4 heterocycles. The van der Waals surface area contributed by atoms with Crippen LogP contribution in [0.3, 0.4) is 0 Å². The molecule has 0 unspecified atom stereocenters. The fraction of sp³-hybridized carbons (Fsp3) is 0.333. The second kappa shape index (κ2) is 13.7. The molecule has 3 aromatic heterocycles. The van der Waals surface area contributed by atoms with Gasteiger partial charge in [0.2, 0.25) is 17.7 Å². The number of imidazole rings is 1. The molecule has 0 saturated heterocycles. The Bertz CT molecular complexity index is 1650. The van der Waals surface area contributed by atoms with E-state index in [9.17, 15) is 24.3 Å². The van der Waals surface area contributed by atoms with E-state index >= 15 is 0 Å². The molecule has 2 bridgehead atoms. The standard InChI is InChI=1S/C30H32ClN7O6/c1-17(39)25-29(43)32-12-6-5-9-20(34-27(41)22-15-38-14-19(31)10-11-24(38)33-22)26(40)35-21(13-18-7-3-2-4-8-18)30-36-23(16-44-30)28(42)37-25/h2-4,7-8,10-11,14-17,20-21,25,39H,5-6,9,12-13H2,1H3,(H,32,43)(H,34,41)(H,35,40)(H,37,42)/t17-,20+,21+,25+/m1/s1. The van der Waals surface area contributed by atoms with Crippen molar-refractivity contribution in [3.63, 3.8) is 0 Å². The molecular formula is C30H32ClN7O6. The highest BCUT2D eigenvalue weighted by molar-refractivity contribution is 6.30. The highest BCUT2D eigenvalue weighted by atomic mass is 35.5. The second-order valence-electron chi connectivity index (χ2n) is 10.6. The number of oxazole rings is 1. The lowest BCUT2D eigenvalue weighted by Crippen LogP contribution is -2.52. The third-order valence-corrected chi connectivity index (χ3v) is 7.42. The topological polar surface area (TPSA) is 180 Å². The molecule has 230 valence electrons. The van der Waals surface area contributed by atoms with Crippen LogP contribution in [0.25, 0.3) is 5.65 Å². The molecule has 1 aliphatic heterocycles. The van der Waals surface area contributed by atoms with Crippen molar-refractivity contribution in [2.24, 2.45) is 0 Å². The van der Waals surface area contributed by atoms with Gasteiger partial charge in [0.15, 0.2) is 5.69 Å². The van der Waals surface area contributed by atoms with Crippen molar-refractivity contribution in [2.45, 2.75) is 56.8 Å². The van der Waals surface area contributed by atoms with Gasteiger partial charge in [-0.25, -0.2) is 9.97 Å². The number of nitrogens with zero attached hydrogens (tertiary/aromatic N) is 3. The van der Waals surface area contributed by atoms with Crippen LogP contribution in [0.2, 0.25) is 5.02 Å². The first-order chi connectivity index (χ1) is 21.2. The van der Waals surface area contributed by atoms with E-state index in [0.29, 0.717) is 23.5 Å². The lowest BCUT2D eigenvalue weighted by Gasteiger charge is -2.23. The van der Waals surface area contributed by atoms with E-state index < -0.39 is 47.9 Å².